The highest BCUT2D eigenvalue weighted by atomic mass is 16.7. The Bertz CT molecular complexity index is 256. The first-order chi connectivity index (χ1) is 6.77. The molecular weight excluding hydrogens is 180 g/mol. The molecule has 0 aliphatic heterocycles. The zero-order chi connectivity index (χ0) is 10.4. The number of hydrogen-bond donors (Lipinski definition) is 1. The molecular formula is C10H18N2O2. The van der Waals surface area contributed by atoms with Gasteiger partial charge in [-0.2, -0.15) is 0 Å². The smallest absolute Gasteiger partial charge is 0.169 e. The molecule has 0 saturated carbocycles. The Morgan fingerprint density at radius 3 is 2.64 bits per heavy atom. The van der Waals surface area contributed by atoms with Gasteiger partial charge in [-0.3, -0.25) is 0 Å². The van der Waals surface area contributed by atoms with Crippen molar-refractivity contribution in [2.45, 2.75) is 12.8 Å². The van der Waals surface area contributed by atoms with Crippen molar-refractivity contribution in [3.05, 3.63) is 24.0 Å². The summed E-state index contributed by atoms with van der Waals surface area (Å²) < 4.78 is 12.2. The number of rotatable bonds is 6. The maximum atomic E-state index is 5.06. The minimum absolute atomic E-state index is 0.171. The van der Waals surface area contributed by atoms with Crippen molar-refractivity contribution in [2.24, 2.45) is 7.05 Å². The third-order valence-corrected chi connectivity index (χ3v) is 2.19. The van der Waals surface area contributed by atoms with E-state index in [0.717, 1.165) is 6.54 Å². The van der Waals surface area contributed by atoms with Crippen molar-refractivity contribution in [3.8, 4) is 0 Å². The molecule has 4 nitrogen and oxygen atoms in total. The van der Waals surface area contributed by atoms with Crippen molar-refractivity contribution in [1.29, 1.82) is 0 Å². The van der Waals surface area contributed by atoms with E-state index in [0.29, 0.717) is 6.54 Å². The van der Waals surface area contributed by atoms with Gasteiger partial charge in [0.05, 0.1) is 0 Å². The van der Waals surface area contributed by atoms with Crippen LogP contribution in [0.15, 0.2) is 18.3 Å². The summed E-state index contributed by atoms with van der Waals surface area (Å²) in [6.45, 7) is 1.52. The SMILES string of the molecule is COC(CNCc1cccn1C)OC. The number of nitrogens with one attached hydrogen (secondary N) is 1. The average molecular weight is 198 g/mol. The topological polar surface area (TPSA) is 35.4 Å². The van der Waals surface area contributed by atoms with Crippen LogP contribution in [0.1, 0.15) is 5.69 Å². The molecule has 1 N–H and O–H groups in total. The van der Waals surface area contributed by atoms with Gasteiger partial charge < -0.3 is 19.4 Å². The van der Waals surface area contributed by atoms with Gasteiger partial charge in [-0.15, -0.1) is 0 Å². The molecule has 14 heavy (non-hydrogen) atoms. The molecule has 0 bridgehead atoms. The molecule has 0 aromatic carbocycles. The van der Waals surface area contributed by atoms with Gasteiger partial charge in [-0.1, -0.05) is 0 Å². The molecule has 1 aromatic heterocycles. The van der Waals surface area contributed by atoms with E-state index in [2.05, 4.69) is 16.0 Å². The fraction of sp³-hybridized carbons (Fsp3) is 0.600. The van der Waals surface area contributed by atoms with Crippen LogP contribution in [0.25, 0.3) is 0 Å². The minimum Gasteiger partial charge on any atom is -0.355 e. The van der Waals surface area contributed by atoms with Crippen LogP contribution in [0.3, 0.4) is 0 Å². The first kappa shape index (κ1) is 11.2. The second kappa shape index (κ2) is 5.80. The van der Waals surface area contributed by atoms with Crippen LogP contribution < -0.4 is 5.32 Å². The Morgan fingerprint density at radius 2 is 2.14 bits per heavy atom. The molecule has 0 unspecified atom stereocenters. The quantitative estimate of drug-likeness (QED) is 0.685. The predicted molar refractivity (Wildman–Crippen MR) is 54.9 cm³/mol. The van der Waals surface area contributed by atoms with Crippen molar-refractivity contribution in [2.75, 3.05) is 20.8 Å². The molecule has 1 heterocycles. The predicted octanol–water partition coefficient (Wildman–Crippen LogP) is 0.734. The monoisotopic (exact) mass is 198 g/mol. The molecule has 0 spiro atoms. The van der Waals surface area contributed by atoms with E-state index >= 15 is 0 Å². The molecule has 0 atom stereocenters. The average Bonchev–Trinajstić information content (AvgIpc) is 2.59. The lowest BCUT2D eigenvalue weighted by Gasteiger charge is -2.14. The zero-order valence-electron chi connectivity index (χ0n) is 8.99. The van der Waals surface area contributed by atoms with Crippen LogP contribution in [-0.4, -0.2) is 31.6 Å². The Kier molecular flexibility index (Phi) is 4.65. The lowest BCUT2D eigenvalue weighted by molar-refractivity contribution is -0.0989. The molecule has 0 fully saturated rings. The molecule has 0 saturated heterocycles. The summed E-state index contributed by atoms with van der Waals surface area (Å²) in [5, 5.41) is 3.26. The van der Waals surface area contributed by atoms with Crippen LogP contribution >= 0.6 is 0 Å². The van der Waals surface area contributed by atoms with Crippen molar-refractivity contribution >= 4 is 0 Å². The normalized spacial score (nSPS) is 11.1. The van der Waals surface area contributed by atoms with Gasteiger partial charge in [0.15, 0.2) is 6.29 Å². The lowest BCUT2D eigenvalue weighted by Crippen LogP contribution is -2.29. The van der Waals surface area contributed by atoms with Gasteiger partial charge >= 0.3 is 0 Å². The fourth-order valence-corrected chi connectivity index (χ4v) is 1.26. The van der Waals surface area contributed by atoms with Crippen LogP contribution in [0, 0.1) is 0 Å². The Hall–Kier alpha value is -0.840. The first-order valence-corrected chi connectivity index (χ1v) is 4.64. The Morgan fingerprint density at radius 1 is 1.43 bits per heavy atom. The van der Waals surface area contributed by atoms with E-state index in [4.69, 9.17) is 9.47 Å². The minimum atomic E-state index is -0.171. The summed E-state index contributed by atoms with van der Waals surface area (Å²) in [5.41, 5.74) is 1.25. The Labute approximate surface area is 84.8 Å². The molecule has 1 aromatic rings. The summed E-state index contributed by atoms with van der Waals surface area (Å²) in [5.74, 6) is 0. The van der Waals surface area contributed by atoms with Gasteiger partial charge in [0.1, 0.15) is 0 Å². The number of hydrogen-bond acceptors (Lipinski definition) is 3. The maximum absolute atomic E-state index is 5.06. The second-order valence-corrected chi connectivity index (χ2v) is 3.14. The number of aromatic nitrogens is 1. The lowest BCUT2D eigenvalue weighted by atomic mass is 10.4. The fourth-order valence-electron chi connectivity index (χ4n) is 1.26. The van der Waals surface area contributed by atoms with Crippen LogP contribution in [-0.2, 0) is 23.1 Å². The van der Waals surface area contributed by atoms with Gasteiger partial charge in [0.25, 0.3) is 0 Å². The van der Waals surface area contributed by atoms with Crippen molar-refractivity contribution in [1.82, 2.24) is 9.88 Å². The van der Waals surface area contributed by atoms with E-state index in [9.17, 15) is 0 Å². The molecule has 80 valence electrons. The summed E-state index contributed by atoms with van der Waals surface area (Å²) in [6, 6.07) is 4.11. The molecule has 0 amide bonds. The van der Waals surface area contributed by atoms with Gasteiger partial charge in [-0.05, 0) is 12.1 Å². The van der Waals surface area contributed by atoms with Crippen LogP contribution in [0.4, 0.5) is 0 Å². The highest BCUT2D eigenvalue weighted by Crippen LogP contribution is 1.98. The molecule has 4 heteroatoms. The van der Waals surface area contributed by atoms with E-state index in [-0.39, 0.29) is 6.29 Å². The molecule has 0 aliphatic carbocycles. The summed E-state index contributed by atoms with van der Waals surface area (Å²) in [6.07, 6.45) is 1.86. The summed E-state index contributed by atoms with van der Waals surface area (Å²) in [4.78, 5) is 0. The first-order valence-electron chi connectivity index (χ1n) is 4.64. The molecule has 0 radical (unpaired) electrons. The number of ether oxygens (including phenoxy) is 2. The van der Waals surface area contributed by atoms with E-state index in [1.807, 2.05) is 19.3 Å². The third kappa shape index (κ3) is 3.14. The number of methoxy groups -OCH3 is 2. The third-order valence-electron chi connectivity index (χ3n) is 2.19. The van der Waals surface area contributed by atoms with E-state index < -0.39 is 0 Å². The van der Waals surface area contributed by atoms with Gasteiger partial charge in [0, 0.05) is 46.2 Å². The van der Waals surface area contributed by atoms with Crippen molar-refractivity contribution in [3.63, 3.8) is 0 Å². The van der Waals surface area contributed by atoms with Gasteiger partial charge in [0.2, 0.25) is 0 Å². The highest BCUT2D eigenvalue weighted by Gasteiger charge is 2.04. The maximum Gasteiger partial charge on any atom is 0.169 e. The molecule has 0 aliphatic rings. The standard InChI is InChI=1S/C10H18N2O2/c1-12-6-4-5-9(12)7-11-8-10(13-2)14-3/h4-6,10-11H,7-8H2,1-3H3. The van der Waals surface area contributed by atoms with E-state index in [1.54, 1.807) is 14.2 Å². The summed E-state index contributed by atoms with van der Waals surface area (Å²) >= 11 is 0. The van der Waals surface area contributed by atoms with Gasteiger partial charge in [-0.25, -0.2) is 0 Å². The largest absolute Gasteiger partial charge is 0.355 e. The number of aryl methyl sites for hydroxylation is 1. The van der Waals surface area contributed by atoms with Crippen molar-refractivity contribution < 1.29 is 9.47 Å². The summed E-state index contributed by atoms with van der Waals surface area (Å²) in [7, 11) is 5.30. The van der Waals surface area contributed by atoms with E-state index in [1.165, 1.54) is 5.69 Å². The van der Waals surface area contributed by atoms with Crippen LogP contribution in [0.2, 0.25) is 0 Å². The Balaban J connectivity index is 2.24. The zero-order valence-corrected chi connectivity index (χ0v) is 8.99. The second-order valence-electron chi connectivity index (χ2n) is 3.14. The highest BCUT2D eigenvalue weighted by molar-refractivity contribution is 5.05. The van der Waals surface area contributed by atoms with Crippen LogP contribution in [0.5, 0.6) is 0 Å². The molecule has 1 rings (SSSR count). The number of nitrogens with zero attached hydrogens (tertiary/aromatic N) is 1.